The first-order chi connectivity index (χ1) is 15.1. The van der Waals surface area contributed by atoms with Gasteiger partial charge in [-0.2, -0.15) is 0 Å². The molecule has 0 aliphatic carbocycles. The molecule has 0 aliphatic rings. The van der Waals surface area contributed by atoms with Crippen LogP contribution in [0, 0.1) is 0 Å². The molecule has 0 fully saturated rings. The maximum Gasteiger partial charge on any atom is 0.217 e. The molecule has 0 spiro atoms. The highest BCUT2D eigenvalue weighted by Gasteiger charge is 2.22. The number of aromatic nitrogens is 3. The number of nitrogens with two attached hydrogens (primary N) is 1. The number of thioether (sulfide) groups is 1. The summed E-state index contributed by atoms with van der Waals surface area (Å²) in [6.07, 6.45) is 2.26. The third kappa shape index (κ3) is 5.37. The molecule has 0 saturated carbocycles. The Labute approximate surface area is 189 Å². The lowest BCUT2D eigenvalue weighted by Gasteiger charge is -2.18. The number of amides is 1. The molecular weight excluding hydrogens is 432 g/mol. The van der Waals surface area contributed by atoms with Gasteiger partial charge in [0.15, 0.2) is 5.16 Å². The van der Waals surface area contributed by atoms with Crippen LogP contribution in [0.15, 0.2) is 82.6 Å². The van der Waals surface area contributed by atoms with Gasteiger partial charge in [-0.3, -0.25) is 9.36 Å². The zero-order valence-electron chi connectivity index (χ0n) is 16.6. The number of carbonyl (C=O) groups excluding carboxylic acids is 1. The quantitative estimate of drug-likeness (QED) is 0.366. The van der Waals surface area contributed by atoms with E-state index in [0.29, 0.717) is 23.8 Å². The van der Waals surface area contributed by atoms with Crippen molar-refractivity contribution in [1.29, 1.82) is 0 Å². The van der Waals surface area contributed by atoms with Crippen molar-refractivity contribution in [2.75, 3.05) is 0 Å². The number of nitrogens with zero attached hydrogens (tertiary/aromatic N) is 3. The first kappa shape index (κ1) is 21.2. The number of hydrogen-bond acceptors (Lipinski definition) is 5. The first-order valence-corrected chi connectivity index (χ1v) is 11.1. The van der Waals surface area contributed by atoms with E-state index in [-0.39, 0.29) is 17.6 Å². The summed E-state index contributed by atoms with van der Waals surface area (Å²) in [5.41, 5.74) is 7.59. The summed E-state index contributed by atoms with van der Waals surface area (Å²) >= 11 is 7.70. The molecule has 2 aromatic heterocycles. The number of furan rings is 1. The molecule has 1 amide bonds. The number of carbonyl (C=O) groups is 1. The van der Waals surface area contributed by atoms with Gasteiger partial charge in [-0.25, -0.2) is 0 Å². The van der Waals surface area contributed by atoms with E-state index >= 15 is 0 Å². The molecule has 2 N–H and O–H groups in total. The van der Waals surface area contributed by atoms with Gasteiger partial charge in [0.1, 0.15) is 11.6 Å². The Bertz CT molecular complexity index is 1130. The van der Waals surface area contributed by atoms with Gasteiger partial charge in [0.05, 0.1) is 18.1 Å². The SMILES string of the molecule is NC(=O)CCc1nnc(SC(c2ccccc2)c2ccc(Cl)cc2)n1Cc1ccco1. The highest BCUT2D eigenvalue weighted by Crippen LogP contribution is 2.40. The van der Waals surface area contributed by atoms with Gasteiger partial charge in [-0.05, 0) is 35.4 Å². The Hall–Kier alpha value is -3.03. The van der Waals surface area contributed by atoms with Gasteiger partial charge in [0.2, 0.25) is 5.91 Å². The van der Waals surface area contributed by atoms with Crippen LogP contribution >= 0.6 is 23.4 Å². The number of halogens is 1. The van der Waals surface area contributed by atoms with E-state index < -0.39 is 0 Å². The predicted molar refractivity (Wildman–Crippen MR) is 121 cm³/mol. The standard InChI is InChI=1S/C23H21ClN4O2S/c24-18-10-8-17(9-11-18)22(16-5-2-1-3-6-16)31-23-27-26-21(13-12-20(25)29)28(23)15-19-7-4-14-30-19/h1-11,14,22H,12-13,15H2,(H2,25,29). The van der Waals surface area contributed by atoms with Gasteiger partial charge < -0.3 is 10.2 Å². The van der Waals surface area contributed by atoms with E-state index in [4.69, 9.17) is 21.8 Å². The fourth-order valence-corrected chi connectivity index (χ4v) is 4.55. The molecule has 4 rings (SSSR count). The van der Waals surface area contributed by atoms with Crippen molar-refractivity contribution in [2.24, 2.45) is 5.73 Å². The van der Waals surface area contributed by atoms with E-state index in [9.17, 15) is 4.79 Å². The summed E-state index contributed by atoms with van der Waals surface area (Å²) in [6.45, 7) is 0.471. The molecule has 6 nitrogen and oxygen atoms in total. The zero-order valence-corrected chi connectivity index (χ0v) is 18.2. The summed E-state index contributed by atoms with van der Waals surface area (Å²) in [7, 11) is 0. The van der Waals surface area contributed by atoms with Gasteiger partial charge in [-0.15, -0.1) is 10.2 Å². The fraction of sp³-hybridized carbons (Fsp3) is 0.174. The van der Waals surface area contributed by atoms with Crippen molar-refractivity contribution < 1.29 is 9.21 Å². The van der Waals surface area contributed by atoms with Crippen molar-refractivity contribution in [3.05, 3.63) is 101 Å². The van der Waals surface area contributed by atoms with Crippen molar-refractivity contribution in [2.45, 2.75) is 29.8 Å². The highest BCUT2D eigenvalue weighted by molar-refractivity contribution is 7.99. The van der Waals surface area contributed by atoms with Crippen molar-refractivity contribution in [3.63, 3.8) is 0 Å². The minimum Gasteiger partial charge on any atom is -0.467 e. The minimum atomic E-state index is -0.370. The molecule has 2 aromatic carbocycles. The lowest BCUT2D eigenvalue weighted by molar-refractivity contribution is -0.118. The van der Waals surface area contributed by atoms with Crippen LogP contribution in [-0.4, -0.2) is 20.7 Å². The van der Waals surface area contributed by atoms with Crippen molar-refractivity contribution in [1.82, 2.24) is 14.8 Å². The zero-order chi connectivity index (χ0) is 21.6. The van der Waals surface area contributed by atoms with E-state index in [1.54, 1.807) is 18.0 Å². The smallest absolute Gasteiger partial charge is 0.217 e. The first-order valence-electron chi connectivity index (χ1n) is 9.80. The third-order valence-electron chi connectivity index (χ3n) is 4.78. The van der Waals surface area contributed by atoms with Crippen LogP contribution in [0.5, 0.6) is 0 Å². The van der Waals surface area contributed by atoms with Crippen LogP contribution in [0.25, 0.3) is 0 Å². The Kier molecular flexibility index (Phi) is 6.74. The molecule has 31 heavy (non-hydrogen) atoms. The predicted octanol–water partition coefficient (Wildman–Crippen LogP) is 4.87. The highest BCUT2D eigenvalue weighted by atomic mass is 35.5. The summed E-state index contributed by atoms with van der Waals surface area (Å²) in [4.78, 5) is 11.3. The molecule has 0 aliphatic heterocycles. The molecule has 0 radical (unpaired) electrons. The Morgan fingerprint density at radius 3 is 2.45 bits per heavy atom. The monoisotopic (exact) mass is 452 g/mol. The Morgan fingerprint density at radius 2 is 1.77 bits per heavy atom. The lowest BCUT2D eigenvalue weighted by Crippen LogP contribution is -2.14. The van der Waals surface area contributed by atoms with E-state index in [2.05, 4.69) is 22.3 Å². The van der Waals surface area contributed by atoms with Crippen LogP contribution in [0.4, 0.5) is 0 Å². The number of aryl methyl sites for hydroxylation is 1. The van der Waals surface area contributed by atoms with Crippen LogP contribution in [0.2, 0.25) is 5.02 Å². The molecule has 1 unspecified atom stereocenters. The summed E-state index contributed by atoms with van der Waals surface area (Å²) in [5, 5.41) is 10.2. The Balaban J connectivity index is 1.70. The van der Waals surface area contributed by atoms with Crippen molar-refractivity contribution >= 4 is 29.3 Å². The molecule has 4 aromatic rings. The summed E-state index contributed by atoms with van der Waals surface area (Å²) in [6, 6.07) is 21.8. The average molecular weight is 453 g/mol. The maximum absolute atomic E-state index is 11.3. The number of primary amides is 1. The minimum absolute atomic E-state index is 0.0120. The average Bonchev–Trinajstić information content (AvgIpc) is 3.42. The molecule has 1 atom stereocenters. The van der Waals surface area contributed by atoms with Crippen LogP contribution in [0.3, 0.4) is 0 Å². The van der Waals surface area contributed by atoms with E-state index in [1.807, 2.05) is 59.2 Å². The second-order valence-corrected chi connectivity index (χ2v) is 8.50. The van der Waals surface area contributed by atoms with Crippen molar-refractivity contribution in [3.8, 4) is 0 Å². The topological polar surface area (TPSA) is 86.9 Å². The number of rotatable bonds is 9. The summed E-state index contributed by atoms with van der Waals surface area (Å²) < 4.78 is 7.52. The van der Waals surface area contributed by atoms with Crippen LogP contribution < -0.4 is 5.73 Å². The maximum atomic E-state index is 11.3. The van der Waals surface area contributed by atoms with Gasteiger partial charge in [0.25, 0.3) is 0 Å². The normalized spacial score (nSPS) is 12.0. The van der Waals surface area contributed by atoms with Gasteiger partial charge in [-0.1, -0.05) is 65.8 Å². The molecule has 8 heteroatoms. The van der Waals surface area contributed by atoms with Gasteiger partial charge >= 0.3 is 0 Å². The molecule has 2 heterocycles. The van der Waals surface area contributed by atoms with E-state index in [0.717, 1.165) is 22.0 Å². The lowest BCUT2D eigenvalue weighted by atomic mass is 10.0. The Morgan fingerprint density at radius 1 is 1.03 bits per heavy atom. The molecule has 0 saturated heterocycles. The summed E-state index contributed by atoms with van der Waals surface area (Å²) in [5.74, 6) is 1.11. The number of hydrogen-bond donors (Lipinski definition) is 1. The largest absolute Gasteiger partial charge is 0.467 e. The second-order valence-electron chi connectivity index (χ2n) is 6.99. The molecular formula is C23H21ClN4O2S. The third-order valence-corrected chi connectivity index (χ3v) is 6.33. The second kappa shape index (κ2) is 9.85. The molecule has 0 bridgehead atoms. The molecule has 158 valence electrons. The number of benzene rings is 2. The van der Waals surface area contributed by atoms with Crippen LogP contribution in [-0.2, 0) is 17.8 Å². The fourth-order valence-electron chi connectivity index (χ4n) is 3.24. The van der Waals surface area contributed by atoms with Gasteiger partial charge in [0, 0.05) is 17.9 Å². The van der Waals surface area contributed by atoms with E-state index in [1.165, 1.54) is 0 Å². The van der Waals surface area contributed by atoms with Crippen LogP contribution in [0.1, 0.15) is 34.4 Å².